The molecule has 32 heavy (non-hydrogen) atoms. The third kappa shape index (κ3) is 5.49. The molecule has 2 aromatic rings. The molecule has 0 spiro atoms. The summed E-state index contributed by atoms with van der Waals surface area (Å²) in [6, 6.07) is 8.05. The molecular formula is C25H31FN2O3S. The van der Waals surface area contributed by atoms with Gasteiger partial charge in [0, 0.05) is 24.4 Å². The maximum Gasteiger partial charge on any atom is 0.242 e. The van der Waals surface area contributed by atoms with Gasteiger partial charge in [-0.15, -0.1) is 11.3 Å². The zero-order valence-corrected chi connectivity index (χ0v) is 19.6. The minimum Gasteiger partial charge on any atom is -0.488 e. The fraction of sp³-hybridized carbons (Fsp3) is 0.520. The maximum absolute atomic E-state index is 14.1. The summed E-state index contributed by atoms with van der Waals surface area (Å²) in [7, 11) is 0. The molecule has 0 N–H and O–H groups in total. The summed E-state index contributed by atoms with van der Waals surface area (Å²) >= 11 is 1.68. The molecule has 1 saturated carbocycles. The van der Waals surface area contributed by atoms with Crippen LogP contribution in [0.25, 0.3) is 0 Å². The highest BCUT2D eigenvalue weighted by molar-refractivity contribution is 7.10. The van der Waals surface area contributed by atoms with Gasteiger partial charge in [-0.2, -0.15) is 0 Å². The Morgan fingerprint density at radius 1 is 1.25 bits per heavy atom. The predicted octanol–water partition coefficient (Wildman–Crippen LogP) is 4.68. The summed E-state index contributed by atoms with van der Waals surface area (Å²) in [5, 5.41) is 2.03. The van der Waals surface area contributed by atoms with Crippen molar-refractivity contribution in [2.45, 2.75) is 45.6 Å². The molecule has 5 nitrogen and oxygen atoms in total. The molecule has 0 bridgehead atoms. The number of ether oxygens (including phenoxy) is 1. The molecule has 1 aliphatic heterocycles. The van der Waals surface area contributed by atoms with Crippen LogP contribution in [0.1, 0.15) is 49.6 Å². The van der Waals surface area contributed by atoms with Gasteiger partial charge < -0.3 is 14.5 Å². The molecule has 2 amide bonds. The molecule has 4 rings (SSSR count). The van der Waals surface area contributed by atoms with E-state index < -0.39 is 5.82 Å². The molecule has 1 aromatic heterocycles. The van der Waals surface area contributed by atoms with Gasteiger partial charge in [-0.25, -0.2) is 4.39 Å². The van der Waals surface area contributed by atoms with Gasteiger partial charge in [0.1, 0.15) is 6.61 Å². The van der Waals surface area contributed by atoms with Gasteiger partial charge in [0.2, 0.25) is 11.8 Å². The van der Waals surface area contributed by atoms with Crippen molar-refractivity contribution in [3.05, 3.63) is 52.0 Å². The minimum absolute atomic E-state index is 0.0487. The van der Waals surface area contributed by atoms with Crippen LogP contribution in [-0.4, -0.2) is 47.9 Å². The highest BCUT2D eigenvalue weighted by Gasteiger charge is 2.35. The molecule has 1 atom stereocenters. The number of benzene rings is 1. The Bertz CT molecular complexity index is 956. The van der Waals surface area contributed by atoms with E-state index in [0.717, 1.165) is 24.8 Å². The number of carbonyl (C=O) groups excluding carboxylic acids is 2. The number of halogens is 1. The topological polar surface area (TPSA) is 49.9 Å². The number of carbonyl (C=O) groups is 2. The van der Waals surface area contributed by atoms with E-state index in [0.29, 0.717) is 25.4 Å². The Balaban J connectivity index is 1.49. The average molecular weight is 459 g/mol. The van der Waals surface area contributed by atoms with Gasteiger partial charge in [-0.3, -0.25) is 9.59 Å². The summed E-state index contributed by atoms with van der Waals surface area (Å²) in [6.45, 7) is 5.55. The number of hydrogen-bond donors (Lipinski definition) is 0. The van der Waals surface area contributed by atoms with E-state index in [-0.39, 0.29) is 42.7 Å². The lowest BCUT2D eigenvalue weighted by atomic mass is 10.00. The number of fused-ring (bicyclic) bond motifs is 1. The first-order valence-corrected chi connectivity index (χ1v) is 12.3. The van der Waals surface area contributed by atoms with Gasteiger partial charge >= 0.3 is 0 Å². The van der Waals surface area contributed by atoms with E-state index in [4.69, 9.17) is 4.74 Å². The lowest BCUT2D eigenvalue weighted by molar-refractivity contribution is -0.143. The van der Waals surface area contributed by atoms with E-state index in [1.807, 2.05) is 30.2 Å². The van der Waals surface area contributed by atoms with Crippen LogP contribution in [0.3, 0.4) is 0 Å². The third-order valence-corrected chi connectivity index (χ3v) is 7.08. The SMILES string of the molecule is CC(C)CC(=O)N(CC(=O)N1CCc2sccc2C1COc1ccccc1F)CC1CC1. The molecule has 1 unspecified atom stereocenters. The monoisotopic (exact) mass is 458 g/mol. The van der Waals surface area contributed by atoms with Crippen molar-refractivity contribution in [3.63, 3.8) is 0 Å². The zero-order valence-electron chi connectivity index (χ0n) is 18.8. The Hall–Kier alpha value is -2.41. The van der Waals surface area contributed by atoms with Crippen LogP contribution in [-0.2, 0) is 16.0 Å². The van der Waals surface area contributed by atoms with Gasteiger partial charge in [0.25, 0.3) is 0 Å². The highest BCUT2D eigenvalue weighted by Crippen LogP contribution is 2.35. The average Bonchev–Trinajstić information content (AvgIpc) is 3.44. The third-order valence-electron chi connectivity index (χ3n) is 6.09. The smallest absolute Gasteiger partial charge is 0.242 e. The quantitative estimate of drug-likeness (QED) is 0.548. The first-order chi connectivity index (χ1) is 15.4. The van der Waals surface area contributed by atoms with Crippen molar-refractivity contribution in [3.8, 4) is 5.75 Å². The Labute approximate surface area is 193 Å². The molecule has 1 aromatic carbocycles. The van der Waals surface area contributed by atoms with Crippen LogP contribution in [0.5, 0.6) is 5.75 Å². The fourth-order valence-electron chi connectivity index (χ4n) is 4.20. The minimum atomic E-state index is -0.415. The van der Waals surface area contributed by atoms with E-state index in [2.05, 4.69) is 0 Å². The maximum atomic E-state index is 14.1. The van der Waals surface area contributed by atoms with Crippen molar-refractivity contribution in [1.82, 2.24) is 9.80 Å². The molecule has 0 saturated heterocycles. The van der Waals surface area contributed by atoms with E-state index in [1.54, 1.807) is 34.4 Å². The largest absolute Gasteiger partial charge is 0.488 e. The van der Waals surface area contributed by atoms with Crippen LogP contribution >= 0.6 is 11.3 Å². The molecule has 0 radical (unpaired) electrons. The number of nitrogens with zero attached hydrogens (tertiary/aromatic N) is 2. The number of hydrogen-bond acceptors (Lipinski definition) is 4. The summed E-state index contributed by atoms with van der Waals surface area (Å²) in [5.74, 6) is 0.522. The number of thiophene rings is 1. The lowest BCUT2D eigenvalue weighted by Crippen LogP contribution is -2.48. The first-order valence-electron chi connectivity index (χ1n) is 11.4. The van der Waals surface area contributed by atoms with Crippen LogP contribution in [0.4, 0.5) is 4.39 Å². The van der Waals surface area contributed by atoms with Crippen LogP contribution < -0.4 is 4.74 Å². The molecule has 2 aliphatic rings. The molecular weight excluding hydrogens is 427 g/mol. The molecule has 1 aliphatic carbocycles. The van der Waals surface area contributed by atoms with Crippen molar-refractivity contribution in [2.24, 2.45) is 11.8 Å². The zero-order chi connectivity index (χ0) is 22.7. The van der Waals surface area contributed by atoms with Crippen molar-refractivity contribution >= 4 is 23.2 Å². The predicted molar refractivity (Wildman–Crippen MR) is 123 cm³/mol. The van der Waals surface area contributed by atoms with Crippen molar-refractivity contribution < 1.29 is 18.7 Å². The van der Waals surface area contributed by atoms with Crippen LogP contribution in [0, 0.1) is 17.7 Å². The van der Waals surface area contributed by atoms with Gasteiger partial charge in [-0.1, -0.05) is 26.0 Å². The van der Waals surface area contributed by atoms with Gasteiger partial charge in [-0.05, 0) is 60.2 Å². The Kier molecular flexibility index (Phi) is 7.13. The summed E-state index contributed by atoms with van der Waals surface area (Å²) < 4.78 is 19.9. The second-order valence-corrected chi connectivity index (χ2v) is 10.2. The Morgan fingerprint density at radius 3 is 2.75 bits per heavy atom. The van der Waals surface area contributed by atoms with Crippen molar-refractivity contribution in [1.29, 1.82) is 0 Å². The molecule has 2 heterocycles. The second kappa shape index (κ2) is 10.0. The van der Waals surface area contributed by atoms with Gasteiger partial charge in [0.05, 0.1) is 12.6 Å². The first kappa shape index (κ1) is 22.8. The van der Waals surface area contributed by atoms with Crippen LogP contribution in [0.2, 0.25) is 0 Å². The summed E-state index contributed by atoms with van der Waals surface area (Å²) in [4.78, 5) is 31.0. The lowest BCUT2D eigenvalue weighted by Gasteiger charge is -2.37. The number of rotatable bonds is 9. The second-order valence-electron chi connectivity index (χ2n) is 9.21. The van der Waals surface area contributed by atoms with E-state index >= 15 is 0 Å². The van der Waals surface area contributed by atoms with E-state index in [9.17, 15) is 14.0 Å². The highest BCUT2D eigenvalue weighted by atomic mass is 32.1. The standard InChI is InChI=1S/C25H31FN2O3S/c1-17(2)13-24(29)27(14-18-7-8-18)15-25(30)28-11-9-23-19(10-12-32-23)21(28)16-31-22-6-4-3-5-20(22)26/h3-6,10,12,17-18,21H,7-9,11,13-16H2,1-2H3. The number of amides is 2. The van der Waals surface area contributed by atoms with E-state index in [1.165, 1.54) is 10.9 Å². The summed E-state index contributed by atoms with van der Waals surface area (Å²) in [5.41, 5.74) is 1.06. The van der Waals surface area contributed by atoms with Gasteiger partial charge in [0.15, 0.2) is 11.6 Å². The van der Waals surface area contributed by atoms with Crippen molar-refractivity contribution in [2.75, 3.05) is 26.2 Å². The summed E-state index contributed by atoms with van der Waals surface area (Å²) in [6.07, 6.45) is 3.49. The molecule has 1 fully saturated rings. The Morgan fingerprint density at radius 2 is 2.03 bits per heavy atom. The molecule has 7 heteroatoms. The molecule has 172 valence electrons. The normalized spacial score (nSPS) is 17.9. The number of para-hydroxylation sites is 1. The fourth-order valence-corrected chi connectivity index (χ4v) is 5.13. The van der Waals surface area contributed by atoms with Crippen LogP contribution in [0.15, 0.2) is 35.7 Å².